The first kappa shape index (κ1) is 23.8. The highest BCUT2D eigenvalue weighted by atomic mass is 16.6. The van der Waals surface area contributed by atoms with E-state index in [1.165, 1.54) is 5.56 Å². The molecule has 7 heteroatoms. The van der Waals surface area contributed by atoms with Crippen LogP contribution in [0.25, 0.3) is 0 Å². The summed E-state index contributed by atoms with van der Waals surface area (Å²) in [5, 5.41) is 7.36. The topological polar surface area (TPSA) is 76.7 Å². The van der Waals surface area contributed by atoms with Crippen molar-refractivity contribution in [3.8, 4) is 0 Å². The van der Waals surface area contributed by atoms with Crippen molar-refractivity contribution in [1.29, 1.82) is 0 Å². The third-order valence-electron chi connectivity index (χ3n) is 7.08. The summed E-state index contributed by atoms with van der Waals surface area (Å²) in [5.41, 5.74) is 2.43. The van der Waals surface area contributed by atoms with Crippen LogP contribution in [0.3, 0.4) is 0 Å². The van der Waals surface area contributed by atoms with Crippen LogP contribution < -0.4 is 0 Å². The number of aromatic amines is 1. The van der Waals surface area contributed by atoms with E-state index in [4.69, 9.17) is 14.2 Å². The van der Waals surface area contributed by atoms with Crippen molar-refractivity contribution in [3.63, 3.8) is 0 Å². The van der Waals surface area contributed by atoms with E-state index in [-0.39, 0.29) is 24.2 Å². The molecule has 7 nitrogen and oxygen atoms in total. The Hall–Kier alpha value is -2.38. The Balaban J connectivity index is 1.35. The second kappa shape index (κ2) is 12.2. The van der Waals surface area contributed by atoms with Crippen LogP contribution in [0.5, 0.6) is 0 Å². The second-order valence-electron chi connectivity index (χ2n) is 9.19. The number of hydrogen-bond acceptors (Lipinski definition) is 5. The van der Waals surface area contributed by atoms with Crippen molar-refractivity contribution in [1.82, 2.24) is 15.1 Å². The minimum absolute atomic E-state index is 0.0659. The van der Waals surface area contributed by atoms with Gasteiger partial charge in [-0.3, -0.25) is 5.10 Å². The largest absolute Gasteiger partial charge is 0.449 e. The lowest BCUT2D eigenvalue weighted by atomic mass is 9.82. The fourth-order valence-electron chi connectivity index (χ4n) is 5.28. The zero-order valence-corrected chi connectivity index (χ0v) is 19.7. The number of amides is 1. The number of rotatable bonds is 9. The molecule has 2 aromatic rings. The van der Waals surface area contributed by atoms with Crippen LogP contribution >= 0.6 is 0 Å². The maximum Gasteiger partial charge on any atom is 0.410 e. The molecule has 180 valence electrons. The van der Waals surface area contributed by atoms with Gasteiger partial charge in [-0.25, -0.2) is 4.79 Å². The molecule has 2 aliphatic rings. The number of aromatic nitrogens is 2. The van der Waals surface area contributed by atoms with Crippen molar-refractivity contribution < 1.29 is 19.0 Å². The molecule has 1 aliphatic heterocycles. The molecule has 1 aromatic heterocycles. The Morgan fingerprint density at radius 2 is 1.91 bits per heavy atom. The number of carbonyl (C=O) groups is 1. The molecule has 0 spiro atoms. The van der Waals surface area contributed by atoms with Crippen molar-refractivity contribution in [2.24, 2.45) is 0 Å². The standard InChI is InChI=1S/C26H37N3O4/c1-31-17-6-18-32-26(30)29-16-5-9-23(24-14-15-27-28-24)25(29)19-33-22-12-10-21(11-13-22)20-7-3-2-4-8-20/h2-4,7-8,14-15,21-23,25H,5-6,9-13,16-19H2,1H3,(H,27,28)/t21-,22+,23-,25+/m1/s1. The van der Waals surface area contributed by atoms with Crippen molar-refractivity contribution in [2.45, 2.75) is 68.9 Å². The zero-order chi connectivity index (χ0) is 22.9. The Labute approximate surface area is 196 Å². The normalized spacial score (nSPS) is 25.7. The summed E-state index contributed by atoms with van der Waals surface area (Å²) in [7, 11) is 1.65. The minimum atomic E-state index is -0.257. The van der Waals surface area contributed by atoms with Gasteiger partial charge in [0.2, 0.25) is 0 Å². The fourth-order valence-corrected chi connectivity index (χ4v) is 5.28. The number of hydrogen-bond donors (Lipinski definition) is 1. The van der Waals surface area contributed by atoms with Gasteiger partial charge in [-0.1, -0.05) is 30.3 Å². The molecular weight excluding hydrogens is 418 g/mol. The van der Waals surface area contributed by atoms with Crippen molar-refractivity contribution in [2.75, 3.05) is 33.5 Å². The maximum atomic E-state index is 12.9. The Bertz CT molecular complexity index is 821. The first-order valence-corrected chi connectivity index (χ1v) is 12.3. The number of nitrogens with zero attached hydrogens (tertiary/aromatic N) is 2. The molecule has 33 heavy (non-hydrogen) atoms. The summed E-state index contributed by atoms with van der Waals surface area (Å²) < 4.78 is 17.1. The lowest BCUT2D eigenvalue weighted by Crippen LogP contribution is -2.50. The third-order valence-corrected chi connectivity index (χ3v) is 7.08. The van der Waals surface area contributed by atoms with Crippen LogP contribution in [0.2, 0.25) is 0 Å². The fraction of sp³-hybridized carbons (Fsp3) is 0.615. The van der Waals surface area contributed by atoms with Gasteiger partial charge in [0.25, 0.3) is 0 Å². The zero-order valence-electron chi connectivity index (χ0n) is 19.7. The Kier molecular flexibility index (Phi) is 8.78. The van der Waals surface area contributed by atoms with Gasteiger partial charge >= 0.3 is 6.09 Å². The highest BCUT2D eigenvalue weighted by molar-refractivity contribution is 5.68. The summed E-state index contributed by atoms with van der Waals surface area (Å²) >= 11 is 0. The number of H-pyrrole nitrogens is 1. The second-order valence-corrected chi connectivity index (χ2v) is 9.19. The van der Waals surface area contributed by atoms with Crippen LogP contribution in [0.4, 0.5) is 4.79 Å². The van der Waals surface area contributed by atoms with Crippen molar-refractivity contribution in [3.05, 3.63) is 53.9 Å². The summed E-state index contributed by atoms with van der Waals surface area (Å²) in [6.45, 7) is 2.17. The van der Waals surface area contributed by atoms with E-state index in [0.29, 0.717) is 38.7 Å². The van der Waals surface area contributed by atoms with Crippen LogP contribution in [0.15, 0.2) is 42.6 Å². The van der Waals surface area contributed by atoms with Gasteiger partial charge in [-0.2, -0.15) is 5.10 Å². The molecule has 0 bridgehead atoms. The maximum absolute atomic E-state index is 12.9. The average Bonchev–Trinajstić information content (AvgIpc) is 3.41. The molecule has 1 saturated heterocycles. The predicted molar refractivity (Wildman–Crippen MR) is 126 cm³/mol. The van der Waals surface area contributed by atoms with Gasteiger partial charge in [0.05, 0.1) is 31.1 Å². The lowest BCUT2D eigenvalue weighted by Gasteiger charge is -2.41. The molecule has 1 N–H and O–H groups in total. The van der Waals surface area contributed by atoms with E-state index < -0.39 is 0 Å². The average molecular weight is 456 g/mol. The van der Waals surface area contributed by atoms with E-state index in [1.807, 2.05) is 17.2 Å². The molecule has 0 unspecified atom stereocenters. The number of carbonyl (C=O) groups excluding carboxylic acids is 1. The van der Waals surface area contributed by atoms with E-state index in [1.54, 1.807) is 7.11 Å². The van der Waals surface area contributed by atoms with Gasteiger partial charge in [-0.15, -0.1) is 0 Å². The summed E-state index contributed by atoms with van der Waals surface area (Å²) in [6, 6.07) is 12.7. The van der Waals surface area contributed by atoms with E-state index >= 15 is 0 Å². The summed E-state index contributed by atoms with van der Waals surface area (Å²) in [4.78, 5) is 14.8. The molecule has 1 aliphatic carbocycles. The molecule has 2 atom stereocenters. The van der Waals surface area contributed by atoms with E-state index in [0.717, 1.165) is 44.2 Å². The molecular formula is C26H37N3O4. The number of piperidine rings is 1. The van der Waals surface area contributed by atoms with Crippen LogP contribution in [0, 0.1) is 0 Å². The summed E-state index contributed by atoms with van der Waals surface area (Å²) in [5.74, 6) is 0.772. The van der Waals surface area contributed by atoms with Gasteiger partial charge in [-0.05, 0) is 56.1 Å². The highest BCUT2D eigenvalue weighted by Gasteiger charge is 2.38. The smallest absolute Gasteiger partial charge is 0.410 e. The predicted octanol–water partition coefficient (Wildman–Crippen LogP) is 4.87. The van der Waals surface area contributed by atoms with Crippen LogP contribution in [-0.2, 0) is 14.2 Å². The van der Waals surface area contributed by atoms with E-state index in [2.05, 4.69) is 40.5 Å². The van der Waals surface area contributed by atoms with Gasteiger partial charge in [0.1, 0.15) is 0 Å². The molecule has 0 radical (unpaired) electrons. The molecule has 1 amide bonds. The van der Waals surface area contributed by atoms with Gasteiger partial charge < -0.3 is 19.1 Å². The van der Waals surface area contributed by atoms with Crippen molar-refractivity contribution >= 4 is 6.09 Å². The Morgan fingerprint density at radius 1 is 1.09 bits per heavy atom. The third kappa shape index (κ3) is 6.36. The molecule has 1 aromatic carbocycles. The number of nitrogens with one attached hydrogen (secondary N) is 1. The molecule has 1 saturated carbocycles. The van der Waals surface area contributed by atoms with Gasteiger partial charge in [0, 0.05) is 38.8 Å². The first-order chi connectivity index (χ1) is 16.3. The lowest BCUT2D eigenvalue weighted by molar-refractivity contribution is -0.0267. The SMILES string of the molecule is COCCCOC(=O)N1CCC[C@H](c2cc[nH]n2)[C@@H]1CO[C@H]1CC[C@@H](c2ccccc2)CC1. The van der Waals surface area contributed by atoms with E-state index in [9.17, 15) is 4.79 Å². The number of methoxy groups -OCH3 is 1. The Morgan fingerprint density at radius 3 is 2.64 bits per heavy atom. The first-order valence-electron chi connectivity index (χ1n) is 12.3. The number of ether oxygens (including phenoxy) is 3. The number of benzene rings is 1. The minimum Gasteiger partial charge on any atom is -0.449 e. The number of likely N-dealkylation sites (tertiary alicyclic amines) is 1. The highest BCUT2D eigenvalue weighted by Crippen LogP contribution is 2.36. The molecule has 2 fully saturated rings. The van der Waals surface area contributed by atoms with Crippen LogP contribution in [0.1, 0.15) is 68.0 Å². The summed E-state index contributed by atoms with van der Waals surface area (Å²) in [6.07, 6.45) is 8.86. The quantitative estimate of drug-likeness (QED) is 0.546. The molecule has 4 rings (SSSR count). The monoisotopic (exact) mass is 455 g/mol. The molecule has 2 heterocycles. The van der Waals surface area contributed by atoms with Gasteiger partial charge in [0.15, 0.2) is 0 Å². The van der Waals surface area contributed by atoms with Crippen LogP contribution in [-0.4, -0.2) is 66.8 Å².